The fourth-order valence-electron chi connectivity index (χ4n) is 1.62. The first-order valence-corrected chi connectivity index (χ1v) is 5.00. The number of aryl methyl sites for hydroxylation is 2. The normalized spacial score (nSPS) is 10.5. The molecule has 0 aliphatic rings. The summed E-state index contributed by atoms with van der Waals surface area (Å²) in [5.74, 6) is -0.204. The molecule has 17 heavy (non-hydrogen) atoms. The molecule has 0 saturated heterocycles. The lowest BCUT2D eigenvalue weighted by Crippen LogP contribution is -2.24. The summed E-state index contributed by atoms with van der Waals surface area (Å²) in [7, 11) is 1.51. The second-order valence-corrected chi connectivity index (χ2v) is 3.74. The quantitative estimate of drug-likeness (QED) is 0.856. The Morgan fingerprint density at radius 3 is 2.59 bits per heavy atom. The van der Waals surface area contributed by atoms with Crippen LogP contribution in [0.2, 0.25) is 0 Å². The number of carboxylic acid groups (broad SMARTS) is 1. The van der Waals surface area contributed by atoms with Gasteiger partial charge in [-0.05, 0) is 25.1 Å². The molecule has 88 valence electrons. The predicted molar refractivity (Wildman–Crippen MR) is 61.1 cm³/mol. The van der Waals surface area contributed by atoms with Gasteiger partial charge in [0.2, 0.25) is 0 Å². The fourth-order valence-corrected chi connectivity index (χ4v) is 1.62. The van der Waals surface area contributed by atoms with Crippen LogP contribution in [0.5, 0.6) is 0 Å². The van der Waals surface area contributed by atoms with E-state index in [9.17, 15) is 9.59 Å². The van der Waals surface area contributed by atoms with Gasteiger partial charge in [-0.2, -0.15) is 0 Å². The van der Waals surface area contributed by atoms with Crippen LogP contribution in [0.4, 0.5) is 0 Å². The zero-order valence-corrected chi connectivity index (χ0v) is 9.43. The van der Waals surface area contributed by atoms with E-state index in [1.54, 1.807) is 25.1 Å². The Balaban J connectivity index is 2.74. The van der Waals surface area contributed by atoms with E-state index in [4.69, 9.17) is 9.52 Å². The van der Waals surface area contributed by atoms with Gasteiger partial charge in [0.1, 0.15) is 17.1 Å². The summed E-state index contributed by atoms with van der Waals surface area (Å²) >= 11 is 0. The zero-order chi connectivity index (χ0) is 12.6. The van der Waals surface area contributed by atoms with Crippen molar-refractivity contribution in [1.29, 1.82) is 0 Å². The first kappa shape index (κ1) is 11.2. The third-order valence-electron chi connectivity index (χ3n) is 2.49. The Labute approximate surface area is 96.9 Å². The molecule has 2 heterocycles. The minimum atomic E-state index is -1.25. The summed E-state index contributed by atoms with van der Waals surface area (Å²) in [6.07, 6.45) is 1.52. The van der Waals surface area contributed by atoms with Crippen molar-refractivity contribution in [1.82, 2.24) is 4.57 Å². The van der Waals surface area contributed by atoms with Gasteiger partial charge in [0, 0.05) is 18.8 Å². The monoisotopic (exact) mass is 233 g/mol. The van der Waals surface area contributed by atoms with Gasteiger partial charge in [-0.15, -0.1) is 0 Å². The molecule has 0 fully saturated rings. The Morgan fingerprint density at radius 2 is 2.06 bits per heavy atom. The number of nitrogens with zero attached hydrogens (tertiary/aromatic N) is 1. The van der Waals surface area contributed by atoms with Crippen molar-refractivity contribution in [2.24, 2.45) is 7.05 Å². The van der Waals surface area contributed by atoms with E-state index < -0.39 is 11.5 Å². The number of carboxylic acids is 1. The van der Waals surface area contributed by atoms with E-state index >= 15 is 0 Å². The fraction of sp³-hybridized carbons (Fsp3) is 0.167. The van der Waals surface area contributed by atoms with Crippen molar-refractivity contribution in [3.8, 4) is 11.3 Å². The molecule has 1 N–H and O–H groups in total. The molecule has 0 bridgehead atoms. The summed E-state index contributed by atoms with van der Waals surface area (Å²) in [4.78, 5) is 22.9. The van der Waals surface area contributed by atoms with Crippen molar-refractivity contribution in [3.05, 3.63) is 46.1 Å². The predicted octanol–water partition coefficient (Wildman–Crippen LogP) is 1.65. The Kier molecular flexibility index (Phi) is 2.59. The third kappa shape index (κ3) is 1.87. The van der Waals surface area contributed by atoms with Gasteiger partial charge in [0.25, 0.3) is 5.56 Å². The molecule has 0 unspecified atom stereocenters. The number of hydrogen-bond acceptors (Lipinski definition) is 3. The van der Waals surface area contributed by atoms with Gasteiger partial charge in [0.15, 0.2) is 0 Å². The van der Waals surface area contributed by atoms with E-state index in [-0.39, 0.29) is 5.56 Å². The molecular formula is C12H11NO4. The summed E-state index contributed by atoms with van der Waals surface area (Å²) in [6.45, 7) is 1.75. The van der Waals surface area contributed by atoms with Crippen molar-refractivity contribution >= 4 is 5.97 Å². The summed E-state index contributed by atoms with van der Waals surface area (Å²) in [5.41, 5.74) is -0.526. The number of furan rings is 1. The van der Waals surface area contributed by atoms with E-state index in [0.717, 1.165) is 0 Å². The van der Waals surface area contributed by atoms with Crippen LogP contribution in [-0.2, 0) is 7.05 Å². The summed E-state index contributed by atoms with van der Waals surface area (Å²) in [5, 5.41) is 9.08. The van der Waals surface area contributed by atoms with Gasteiger partial charge in [-0.25, -0.2) is 4.79 Å². The van der Waals surface area contributed by atoms with Gasteiger partial charge < -0.3 is 14.1 Å². The SMILES string of the molecule is Cc1ccc(-c2ccn(C)c(=O)c2C(=O)O)o1. The minimum Gasteiger partial charge on any atom is -0.477 e. The number of hydrogen-bond donors (Lipinski definition) is 1. The number of rotatable bonds is 2. The zero-order valence-electron chi connectivity index (χ0n) is 9.43. The molecule has 0 aromatic carbocycles. The molecule has 2 rings (SSSR count). The number of aromatic nitrogens is 1. The van der Waals surface area contributed by atoms with Crippen LogP contribution in [0.3, 0.4) is 0 Å². The molecule has 5 heteroatoms. The van der Waals surface area contributed by atoms with Crippen molar-refractivity contribution in [2.75, 3.05) is 0 Å². The average Bonchev–Trinajstić information content (AvgIpc) is 2.68. The maximum atomic E-state index is 11.8. The number of carbonyl (C=O) groups is 1. The van der Waals surface area contributed by atoms with Gasteiger partial charge in [-0.3, -0.25) is 4.79 Å². The highest BCUT2D eigenvalue weighted by molar-refractivity contribution is 5.94. The summed E-state index contributed by atoms with van der Waals surface area (Å²) < 4.78 is 6.57. The second-order valence-electron chi connectivity index (χ2n) is 3.74. The smallest absolute Gasteiger partial charge is 0.342 e. The van der Waals surface area contributed by atoms with Crippen LogP contribution in [0, 0.1) is 6.92 Å². The molecule has 2 aromatic rings. The molecule has 0 aliphatic heterocycles. The highest BCUT2D eigenvalue weighted by Gasteiger charge is 2.19. The molecule has 0 amide bonds. The van der Waals surface area contributed by atoms with E-state index in [1.807, 2.05) is 0 Å². The average molecular weight is 233 g/mol. The van der Waals surface area contributed by atoms with Crippen molar-refractivity contribution in [3.63, 3.8) is 0 Å². The molecule has 2 aromatic heterocycles. The highest BCUT2D eigenvalue weighted by Crippen LogP contribution is 2.23. The lowest BCUT2D eigenvalue weighted by atomic mass is 10.1. The maximum Gasteiger partial charge on any atom is 0.342 e. The van der Waals surface area contributed by atoms with E-state index in [1.165, 1.54) is 17.8 Å². The Bertz CT molecular complexity index is 636. The van der Waals surface area contributed by atoms with Crippen molar-refractivity contribution < 1.29 is 14.3 Å². The highest BCUT2D eigenvalue weighted by atomic mass is 16.4. The molecule has 5 nitrogen and oxygen atoms in total. The Morgan fingerprint density at radius 1 is 1.35 bits per heavy atom. The standard InChI is InChI=1S/C12H11NO4/c1-7-3-4-9(17-7)8-5-6-13(2)11(14)10(8)12(15)16/h3-6H,1-2H3,(H,15,16). The van der Waals surface area contributed by atoms with Gasteiger partial charge in [-0.1, -0.05) is 0 Å². The first-order valence-electron chi connectivity index (χ1n) is 5.00. The lowest BCUT2D eigenvalue weighted by molar-refractivity contribution is 0.0695. The van der Waals surface area contributed by atoms with Crippen LogP contribution < -0.4 is 5.56 Å². The summed E-state index contributed by atoms with van der Waals surface area (Å²) in [6, 6.07) is 4.93. The van der Waals surface area contributed by atoms with Gasteiger partial charge in [0.05, 0.1) is 0 Å². The van der Waals surface area contributed by atoms with Crippen molar-refractivity contribution in [2.45, 2.75) is 6.92 Å². The molecule has 0 radical (unpaired) electrons. The van der Waals surface area contributed by atoms with Crippen LogP contribution in [0.25, 0.3) is 11.3 Å². The van der Waals surface area contributed by atoms with Gasteiger partial charge >= 0.3 is 5.97 Å². The van der Waals surface area contributed by atoms with Crippen LogP contribution in [-0.4, -0.2) is 15.6 Å². The molecule has 0 atom stereocenters. The maximum absolute atomic E-state index is 11.8. The largest absolute Gasteiger partial charge is 0.477 e. The number of pyridine rings is 1. The van der Waals surface area contributed by atoms with Crippen LogP contribution in [0.15, 0.2) is 33.6 Å². The number of aromatic carboxylic acids is 1. The second kappa shape index (κ2) is 3.93. The molecule has 0 aliphatic carbocycles. The third-order valence-corrected chi connectivity index (χ3v) is 2.49. The molecular weight excluding hydrogens is 222 g/mol. The van der Waals surface area contributed by atoms with Crippen LogP contribution >= 0.6 is 0 Å². The van der Waals surface area contributed by atoms with E-state index in [0.29, 0.717) is 17.1 Å². The van der Waals surface area contributed by atoms with Crippen LogP contribution in [0.1, 0.15) is 16.1 Å². The molecule has 0 saturated carbocycles. The minimum absolute atomic E-state index is 0.274. The lowest BCUT2D eigenvalue weighted by Gasteiger charge is -2.04. The first-order chi connectivity index (χ1) is 8.00. The van der Waals surface area contributed by atoms with E-state index in [2.05, 4.69) is 0 Å². The molecule has 0 spiro atoms. The Hall–Kier alpha value is -2.30. The topological polar surface area (TPSA) is 72.4 Å².